The minimum Gasteiger partial charge on any atom is -0.459 e. The van der Waals surface area contributed by atoms with Crippen molar-refractivity contribution in [3.63, 3.8) is 0 Å². The molecule has 0 saturated carbocycles. The lowest BCUT2D eigenvalue weighted by molar-refractivity contribution is -0.155. The van der Waals surface area contributed by atoms with Crippen LogP contribution in [0.5, 0.6) is 0 Å². The highest BCUT2D eigenvalue weighted by molar-refractivity contribution is 7.89. The summed E-state index contributed by atoms with van der Waals surface area (Å²) in [6, 6.07) is 6.89. The van der Waals surface area contributed by atoms with Crippen LogP contribution >= 0.6 is 0 Å². The van der Waals surface area contributed by atoms with Gasteiger partial charge in [-0.1, -0.05) is 18.2 Å². The van der Waals surface area contributed by atoms with Crippen LogP contribution < -0.4 is 0 Å². The molecule has 0 unspecified atom stereocenters. The van der Waals surface area contributed by atoms with Gasteiger partial charge in [-0.15, -0.1) is 0 Å². The molecule has 0 bridgehead atoms. The lowest BCUT2D eigenvalue weighted by Gasteiger charge is -2.26. The summed E-state index contributed by atoms with van der Waals surface area (Å²) in [6.07, 6.45) is 1.10. The Morgan fingerprint density at radius 1 is 1.10 bits per heavy atom. The fraction of sp³-hybridized carbons (Fsp3) is 0.524. The first-order valence-electron chi connectivity index (χ1n) is 9.61. The normalized spacial score (nSPS) is 12.4. The lowest BCUT2D eigenvalue weighted by atomic mass is 10.1. The minimum atomic E-state index is -3.42. The molecule has 0 aliphatic rings. The van der Waals surface area contributed by atoms with Crippen molar-refractivity contribution in [3.8, 4) is 0 Å². The van der Waals surface area contributed by atoms with Crippen molar-refractivity contribution in [1.29, 1.82) is 0 Å². The first-order chi connectivity index (χ1) is 13.8. The summed E-state index contributed by atoms with van der Waals surface area (Å²) >= 11 is 0. The molecule has 0 atom stereocenters. The third kappa shape index (κ3) is 6.84. The van der Waals surface area contributed by atoms with Crippen LogP contribution in [0.15, 0.2) is 28.7 Å². The van der Waals surface area contributed by atoms with Crippen LogP contribution in [0.1, 0.15) is 36.9 Å². The molecule has 0 saturated heterocycles. The number of ether oxygens (including phenoxy) is 1. The summed E-state index contributed by atoms with van der Waals surface area (Å²) in [5.74, 6) is -1.49. The van der Waals surface area contributed by atoms with E-state index < -0.39 is 27.3 Å². The molecule has 9 heteroatoms. The van der Waals surface area contributed by atoms with E-state index in [1.54, 1.807) is 45.0 Å². The first-order valence-corrected chi connectivity index (χ1v) is 11.7. The number of fused-ring (bicyclic) bond motifs is 1. The van der Waals surface area contributed by atoms with Crippen LogP contribution in [0.25, 0.3) is 11.0 Å². The maximum atomic E-state index is 13.3. The fourth-order valence-electron chi connectivity index (χ4n) is 2.92. The quantitative estimate of drug-likeness (QED) is 0.584. The molecule has 8 nitrogen and oxygen atoms in total. The smallest absolute Gasteiger partial charge is 0.326 e. The number of benzene rings is 1. The highest BCUT2D eigenvalue weighted by Crippen LogP contribution is 2.28. The van der Waals surface area contributed by atoms with Gasteiger partial charge in [-0.3, -0.25) is 9.59 Å². The maximum absolute atomic E-state index is 13.3. The van der Waals surface area contributed by atoms with Crippen molar-refractivity contribution in [2.45, 2.75) is 32.1 Å². The molecule has 1 amide bonds. The largest absolute Gasteiger partial charge is 0.459 e. The Kier molecular flexibility index (Phi) is 7.31. The minimum absolute atomic E-state index is 0.0658. The second-order valence-electron chi connectivity index (χ2n) is 8.59. The lowest BCUT2D eigenvalue weighted by Crippen LogP contribution is -2.42. The third-order valence-corrected chi connectivity index (χ3v) is 4.96. The van der Waals surface area contributed by atoms with Crippen LogP contribution in [-0.4, -0.2) is 75.7 Å². The van der Waals surface area contributed by atoms with Gasteiger partial charge in [0.25, 0.3) is 5.91 Å². The van der Waals surface area contributed by atoms with Crippen molar-refractivity contribution in [2.24, 2.45) is 0 Å². The number of esters is 1. The molecule has 0 aliphatic heterocycles. The molecular weight excluding hydrogens is 408 g/mol. The number of para-hydroxylation sites is 1. The van der Waals surface area contributed by atoms with E-state index in [1.165, 1.54) is 4.90 Å². The van der Waals surface area contributed by atoms with Gasteiger partial charge in [0.1, 0.15) is 17.7 Å². The van der Waals surface area contributed by atoms with Crippen molar-refractivity contribution < 1.29 is 27.2 Å². The topological polar surface area (TPSA) is 97.1 Å². The highest BCUT2D eigenvalue weighted by Gasteiger charge is 2.29. The molecule has 0 N–H and O–H groups in total. The van der Waals surface area contributed by atoms with Gasteiger partial charge >= 0.3 is 5.97 Å². The summed E-state index contributed by atoms with van der Waals surface area (Å²) in [4.78, 5) is 28.9. The Morgan fingerprint density at radius 3 is 2.30 bits per heavy atom. The maximum Gasteiger partial charge on any atom is 0.326 e. The van der Waals surface area contributed by atoms with E-state index in [4.69, 9.17) is 9.15 Å². The Balaban J connectivity index is 2.44. The van der Waals surface area contributed by atoms with Gasteiger partial charge in [0, 0.05) is 30.3 Å². The molecule has 2 aromatic rings. The second-order valence-corrected chi connectivity index (χ2v) is 10.7. The molecule has 30 heavy (non-hydrogen) atoms. The number of rotatable bonds is 8. The molecule has 2 rings (SSSR count). The van der Waals surface area contributed by atoms with Gasteiger partial charge in [-0.05, 0) is 40.9 Å². The molecule has 1 aromatic carbocycles. The van der Waals surface area contributed by atoms with E-state index in [1.807, 2.05) is 19.0 Å². The van der Waals surface area contributed by atoms with Gasteiger partial charge in [-0.2, -0.15) is 0 Å². The highest BCUT2D eigenvalue weighted by atomic mass is 32.2. The number of amides is 1. The van der Waals surface area contributed by atoms with Crippen LogP contribution in [0, 0.1) is 0 Å². The summed E-state index contributed by atoms with van der Waals surface area (Å²) in [6.45, 7) is 5.75. The number of likely N-dealkylation sites (N-methyl/N-ethyl adjacent to an activating group) is 1. The van der Waals surface area contributed by atoms with E-state index in [2.05, 4.69) is 0 Å². The number of nitrogens with zero attached hydrogens (tertiary/aromatic N) is 2. The van der Waals surface area contributed by atoms with Gasteiger partial charge < -0.3 is 19.0 Å². The van der Waals surface area contributed by atoms with Crippen molar-refractivity contribution in [3.05, 3.63) is 35.6 Å². The number of hydrogen-bond acceptors (Lipinski definition) is 7. The van der Waals surface area contributed by atoms with E-state index in [-0.39, 0.29) is 24.6 Å². The van der Waals surface area contributed by atoms with Crippen molar-refractivity contribution in [1.82, 2.24) is 9.80 Å². The van der Waals surface area contributed by atoms with Crippen LogP contribution in [-0.2, 0) is 25.1 Å². The summed E-state index contributed by atoms with van der Waals surface area (Å²) in [7, 11) is 0.283. The van der Waals surface area contributed by atoms with E-state index in [0.717, 1.165) is 6.26 Å². The van der Waals surface area contributed by atoms with Gasteiger partial charge in [0.15, 0.2) is 15.6 Å². The number of hydrogen-bond donors (Lipinski definition) is 0. The molecule has 166 valence electrons. The third-order valence-electron chi connectivity index (χ3n) is 4.14. The average Bonchev–Trinajstić information content (AvgIpc) is 2.93. The zero-order valence-corrected chi connectivity index (χ0v) is 19.2. The molecule has 0 radical (unpaired) electrons. The van der Waals surface area contributed by atoms with Gasteiger partial charge in [-0.25, -0.2) is 8.42 Å². The number of furan rings is 1. The van der Waals surface area contributed by atoms with E-state index in [9.17, 15) is 18.0 Å². The standard InChI is InChI=1S/C21H30N2O6S/c1-21(2,3)29-18(24)13-23(12-11-22(4)5)20(25)19-16(14-30(6,26)27)15-9-7-8-10-17(15)28-19/h7-10H,11-14H2,1-6H3. The zero-order valence-electron chi connectivity index (χ0n) is 18.4. The van der Waals surface area contributed by atoms with Gasteiger partial charge in [0.05, 0.1) is 5.75 Å². The predicted octanol–water partition coefficient (Wildman–Crippen LogP) is 2.32. The fourth-order valence-corrected chi connectivity index (χ4v) is 3.73. The summed E-state index contributed by atoms with van der Waals surface area (Å²) in [5.41, 5.74) is 0.0372. The van der Waals surface area contributed by atoms with Crippen LogP contribution in [0.4, 0.5) is 0 Å². The SMILES string of the molecule is CN(C)CCN(CC(=O)OC(C)(C)C)C(=O)c1oc2ccccc2c1CS(C)(=O)=O. The summed E-state index contributed by atoms with van der Waals surface area (Å²) < 4.78 is 35.1. The number of carbonyl (C=O) groups excluding carboxylic acids is 2. The van der Waals surface area contributed by atoms with E-state index >= 15 is 0 Å². The second kappa shape index (κ2) is 9.18. The zero-order chi connectivity index (χ0) is 22.7. The van der Waals surface area contributed by atoms with E-state index in [0.29, 0.717) is 23.1 Å². The van der Waals surface area contributed by atoms with Crippen molar-refractivity contribution in [2.75, 3.05) is 40.0 Å². The monoisotopic (exact) mass is 438 g/mol. The molecule has 1 heterocycles. The van der Waals surface area contributed by atoms with Crippen molar-refractivity contribution >= 4 is 32.7 Å². The molecule has 0 spiro atoms. The summed E-state index contributed by atoms with van der Waals surface area (Å²) in [5, 5.41) is 0.566. The van der Waals surface area contributed by atoms with Crippen LogP contribution in [0.2, 0.25) is 0 Å². The Hall–Kier alpha value is -2.39. The van der Waals surface area contributed by atoms with Gasteiger partial charge in [0.2, 0.25) is 0 Å². The molecule has 0 fully saturated rings. The average molecular weight is 439 g/mol. The number of carbonyl (C=O) groups is 2. The molecular formula is C21H30N2O6S. The first kappa shape index (κ1) is 23.9. The predicted molar refractivity (Wildman–Crippen MR) is 115 cm³/mol. The molecule has 0 aliphatic carbocycles. The van der Waals surface area contributed by atoms with Crippen LogP contribution in [0.3, 0.4) is 0 Å². The Morgan fingerprint density at radius 2 is 1.73 bits per heavy atom. The number of sulfone groups is 1. The molecule has 1 aromatic heterocycles. The Bertz CT molecular complexity index is 1020. The Labute approximate surface area is 177 Å².